The van der Waals surface area contributed by atoms with Gasteiger partial charge in [-0.05, 0) is 39.0 Å². The third kappa shape index (κ3) is 4.27. The number of halogens is 2. The number of aromatic nitrogens is 1. The van der Waals surface area contributed by atoms with E-state index < -0.39 is 11.4 Å². The van der Waals surface area contributed by atoms with E-state index in [9.17, 15) is 4.39 Å². The van der Waals surface area contributed by atoms with Crippen molar-refractivity contribution in [3.8, 4) is 11.6 Å². The van der Waals surface area contributed by atoms with E-state index in [1.807, 2.05) is 6.92 Å². The molecule has 24 heavy (non-hydrogen) atoms. The fourth-order valence-corrected chi connectivity index (χ4v) is 2.42. The Balaban J connectivity index is 2.25. The number of anilines is 1. The molecule has 0 aliphatic carbocycles. The minimum Gasteiger partial charge on any atom is -0.481 e. The van der Waals surface area contributed by atoms with E-state index in [1.54, 1.807) is 32.0 Å². The SMILES string of the molecule is CCONc1ccc(OC(C)(C)c2nc(OC)ccc2Cl)c(F)c1. The van der Waals surface area contributed by atoms with E-state index in [-0.39, 0.29) is 5.75 Å². The van der Waals surface area contributed by atoms with Gasteiger partial charge in [0.2, 0.25) is 5.88 Å². The van der Waals surface area contributed by atoms with Crippen molar-refractivity contribution in [3.63, 3.8) is 0 Å². The summed E-state index contributed by atoms with van der Waals surface area (Å²) in [5.74, 6) is -0.0302. The minimum absolute atomic E-state index is 0.0859. The van der Waals surface area contributed by atoms with E-state index in [4.69, 9.17) is 25.9 Å². The Bertz CT molecular complexity index is 710. The lowest BCUT2D eigenvalue weighted by atomic mass is 10.0. The van der Waals surface area contributed by atoms with E-state index in [0.29, 0.717) is 28.9 Å². The zero-order valence-corrected chi connectivity index (χ0v) is 14.8. The van der Waals surface area contributed by atoms with Gasteiger partial charge in [0.25, 0.3) is 0 Å². The maximum atomic E-state index is 14.3. The Labute approximate surface area is 145 Å². The number of rotatable bonds is 7. The van der Waals surface area contributed by atoms with Gasteiger partial charge in [0, 0.05) is 12.1 Å². The number of nitrogens with zero attached hydrogens (tertiary/aromatic N) is 1. The standard InChI is InChI=1S/C17H20ClFN2O3/c1-5-23-21-11-6-8-14(13(19)10-11)24-17(2,3)16-12(18)7-9-15(20-16)22-4/h6-10,21H,5H2,1-4H3. The number of hydrogen-bond acceptors (Lipinski definition) is 5. The molecule has 0 bridgehead atoms. The minimum atomic E-state index is -0.957. The lowest BCUT2D eigenvalue weighted by Gasteiger charge is -2.27. The van der Waals surface area contributed by atoms with Gasteiger partial charge in [-0.25, -0.2) is 9.37 Å². The summed E-state index contributed by atoms with van der Waals surface area (Å²) in [6, 6.07) is 7.79. The van der Waals surface area contributed by atoms with Crippen molar-refractivity contribution in [1.82, 2.24) is 4.98 Å². The fourth-order valence-electron chi connectivity index (χ4n) is 2.09. The van der Waals surface area contributed by atoms with E-state index in [0.717, 1.165) is 0 Å². The molecule has 0 unspecified atom stereocenters. The molecule has 2 rings (SSSR count). The second-order valence-corrected chi connectivity index (χ2v) is 5.88. The highest BCUT2D eigenvalue weighted by atomic mass is 35.5. The molecular weight excluding hydrogens is 335 g/mol. The van der Waals surface area contributed by atoms with Gasteiger partial charge in [0.15, 0.2) is 11.6 Å². The zero-order valence-electron chi connectivity index (χ0n) is 14.0. The lowest BCUT2D eigenvalue weighted by molar-refractivity contribution is 0.0972. The van der Waals surface area contributed by atoms with Crippen molar-refractivity contribution in [2.45, 2.75) is 26.4 Å². The molecule has 7 heteroatoms. The van der Waals surface area contributed by atoms with Crippen LogP contribution < -0.4 is 15.0 Å². The molecule has 0 radical (unpaired) electrons. The van der Waals surface area contributed by atoms with Gasteiger partial charge in [0.05, 0.1) is 24.4 Å². The average molecular weight is 355 g/mol. The summed E-state index contributed by atoms with van der Waals surface area (Å²) in [5.41, 5.74) is 2.63. The molecular formula is C17H20ClFN2O3. The van der Waals surface area contributed by atoms with E-state index >= 15 is 0 Å². The van der Waals surface area contributed by atoms with Crippen LogP contribution in [0.2, 0.25) is 5.02 Å². The summed E-state index contributed by atoms with van der Waals surface area (Å²) in [4.78, 5) is 9.34. The van der Waals surface area contributed by atoms with Gasteiger partial charge in [-0.3, -0.25) is 10.3 Å². The van der Waals surface area contributed by atoms with Crippen molar-refractivity contribution in [2.75, 3.05) is 19.2 Å². The van der Waals surface area contributed by atoms with Gasteiger partial charge in [-0.15, -0.1) is 0 Å². The Hall–Kier alpha value is -2.05. The first-order valence-electron chi connectivity index (χ1n) is 7.44. The fraction of sp³-hybridized carbons (Fsp3) is 0.353. The van der Waals surface area contributed by atoms with Gasteiger partial charge >= 0.3 is 0 Å². The van der Waals surface area contributed by atoms with Crippen molar-refractivity contribution >= 4 is 17.3 Å². The summed E-state index contributed by atoms with van der Waals surface area (Å²) in [7, 11) is 1.51. The molecule has 2 aromatic rings. The van der Waals surface area contributed by atoms with Gasteiger partial charge in [0.1, 0.15) is 11.3 Å². The summed E-state index contributed by atoms with van der Waals surface area (Å²) < 4.78 is 25.2. The predicted octanol–water partition coefficient (Wildman–Crippen LogP) is 4.56. The van der Waals surface area contributed by atoms with Crippen LogP contribution in [0, 0.1) is 5.82 Å². The molecule has 130 valence electrons. The molecule has 0 aliphatic rings. The molecule has 1 aromatic heterocycles. The normalized spacial score (nSPS) is 11.2. The zero-order chi connectivity index (χ0) is 17.7. The largest absolute Gasteiger partial charge is 0.481 e. The van der Waals surface area contributed by atoms with Gasteiger partial charge in [-0.1, -0.05) is 11.6 Å². The number of nitrogens with one attached hydrogen (secondary N) is 1. The Morgan fingerprint density at radius 1 is 1.25 bits per heavy atom. The molecule has 0 fully saturated rings. The van der Waals surface area contributed by atoms with Crippen LogP contribution in [0.3, 0.4) is 0 Å². The van der Waals surface area contributed by atoms with Crippen LogP contribution in [-0.4, -0.2) is 18.7 Å². The van der Waals surface area contributed by atoms with Crippen LogP contribution in [0.1, 0.15) is 26.5 Å². The predicted molar refractivity (Wildman–Crippen MR) is 91.1 cm³/mol. The first-order valence-corrected chi connectivity index (χ1v) is 7.82. The number of pyridine rings is 1. The van der Waals surface area contributed by atoms with Crippen LogP contribution in [0.5, 0.6) is 11.6 Å². The summed E-state index contributed by atoms with van der Waals surface area (Å²) >= 11 is 6.21. The number of hydrogen-bond donors (Lipinski definition) is 1. The van der Waals surface area contributed by atoms with Gasteiger partial charge in [-0.2, -0.15) is 0 Å². The third-order valence-electron chi connectivity index (χ3n) is 3.23. The van der Waals surface area contributed by atoms with E-state index in [2.05, 4.69) is 10.5 Å². The van der Waals surface area contributed by atoms with Crippen LogP contribution in [-0.2, 0) is 10.4 Å². The molecule has 0 amide bonds. The van der Waals surface area contributed by atoms with Crippen molar-refractivity contribution in [1.29, 1.82) is 0 Å². The first-order chi connectivity index (χ1) is 11.4. The monoisotopic (exact) mass is 354 g/mol. The highest BCUT2D eigenvalue weighted by molar-refractivity contribution is 6.31. The third-order valence-corrected chi connectivity index (χ3v) is 3.54. The maximum Gasteiger partial charge on any atom is 0.213 e. The number of methoxy groups -OCH3 is 1. The van der Waals surface area contributed by atoms with Crippen LogP contribution in [0.15, 0.2) is 30.3 Å². The summed E-state index contributed by atoms with van der Waals surface area (Å²) in [6.07, 6.45) is 0. The molecule has 1 aromatic carbocycles. The molecule has 0 aliphatic heterocycles. The Morgan fingerprint density at radius 3 is 2.62 bits per heavy atom. The maximum absolute atomic E-state index is 14.3. The van der Waals surface area contributed by atoms with Crippen LogP contribution >= 0.6 is 11.6 Å². The second kappa shape index (κ2) is 7.68. The smallest absolute Gasteiger partial charge is 0.213 e. The summed E-state index contributed by atoms with van der Waals surface area (Å²) in [6.45, 7) is 5.81. The lowest BCUT2D eigenvalue weighted by Crippen LogP contribution is -2.27. The topological polar surface area (TPSA) is 52.6 Å². The Kier molecular flexibility index (Phi) is 5.85. The molecule has 1 heterocycles. The van der Waals surface area contributed by atoms with Crippen molar-refractivity contribution in [2.24, 2.45) is 0 Å². The molecule has 0 saturated carbocycles. The first kappa shape index (κ1) is 18.3. The van der Waals surface area contributed by atoms with Crippen LogP contribution in [0.4, 0.5) is 10.1 Å². The highest BCUT2D eigenvalue weighted by Gasteiger charge is 2.29. The quantitative estimate of drug-likeness (QED) is 0.739. The molecule has 0 spiro atoms. The van der Waals surface area contributed by atoms with Gasteiger partial charge < -0.3 is 9.47 Å². The molecule has 5 nitrogen and oxygen atoms in total. The van der Waals surface area contributed by atoms with Crippen LogP contribution in [0.25, 0.3) is 0 Å². The van der Waals surface area contributed by atoms with Crippen molar-refractivity contribution in [3.05, 3.63) is 46.9 Å². The van der Waals surface area contributed by atoms with Crippen molar-refractivity contribution < 1.29 is 18.7 Å². The molecule has 1 N–H and O–H groups in total. The number of benzene rings is 1. The average Bonchev–Trinajstić information content (AvgIpc) is 2.55. The number of ether oxygens (including phenoxy) is 2. The van der Waals surface area contributed by atoms with E-state index in [1.165, 1.54) is 19.2 Å². The summed E-state index contributed by atoms with van der Waals surface area (Å²) in [5, 5.41) is 0.413. The molecule has 0 atom stereocenters. The Morgan fingerprint density at radius 2 is 2.00 bits per heavy atom. The highest BCUT2D eigenvalue weighted by Crippen LogP contribution is 2.34. The molecule has 0 saturated heterocycles. The second-order valence-electron chi connectivity index (χ2n) is 5.48.